The summed E-state index contributed by atoms with van der Waals surface area (Å²) in [6.07, 6.45) is 6.03. The van der Waals surface area contributed by atoms with E-state index in [1.807, 2.05) is 49.4 Å². The molecule has 1 aromatic carbocycles. The highest BCUT2D eigenvalue weighted by Gasteiger charge is 2.11. The highest BCUT2D eigenvalue weighted by Crippen LogP contribution is 2.26. The van der Waals surface area contributed by atoms with Gasteiger partial charge in [0.2, 0.25) is 6.33 Å². The minimum Gasteiger partial charge on any atom is -0.241 e. The van der Waals surface area contributed by atoms with E-state index in [2.05, 4.69) is 15.6 Å². The number of aryl methyl sites for hydroxylation is 2. The molecule has 0 atom stereocenters. The quantitative estimate of drug-likeness (QED) is 0.669. The lowest BCUT2D eigenvalue weighted by Gasteiger charge is -2.00. The van der Waals surface area contributed by atoms with Gasteiger partial charge >= 0.3 is 0 Å². The van der Waals surface area contributed by atoms with E-state index in [9.17, 15) is 0 Å². The lowest BCUT2D eigenvalue weighted by Crippen LogP contribution is -2.23. The van der Waals surface area contributed by atoms with Crippen molar-refractivity contribution in [2.24, 2.45) is 7.05 Å². The zero-order valence-electron chi connectivity index (χ0n) is 10.8. The smallest absolute Gasteiger partial charge is 0.241 e. The van der Waals surface area contributed by atoms with Gasteiger partial charge in [-0.25, -0.2) is 14.1 Å². The molecule has 0 aliphatic rings. The Morgan fingerprint density at radius 1 is 1.47 bits per heavy atom. The average molecular weight is 269 g/mol. The van der Waals surface area contributed by atoms with E-state index in [-0.39, 0.29) is 0 Å². The molecular formula is C14H13N4S+. The monoisotopic (exact) mass is 269 g/mol. The van der Waals surface area contributed by atoms with Gasteiger partial charge in [-0.15, -0.1) is 11.3 Å². The summed E-state index contributed by atoms with van der Waals surface area (Å²) in [6.45, 7) is 2.73. The maximum absolute atomic E-state index is 9.12. The molecule has 0 bridgehead atoms. The molecule has 0 N–H and O–H groups in total. The van der Waals surface area contributed by atoms with Crippen molar-refractivity contribution in [2.75, 3.05) is 0 Å². The minimum atomic E-state index is 0.697. The summed E-state index contributed by atoms with van der Waals surface area (Å²) in [5.41, 5.74) is 2.80. The molecule has 0 radical (unpaired) electrons. The minimum absolute atomic E-state index is 0.697. The molecule has 0 saturated heterocycles. The highest BCUT2D eigenvalue weighted by atomic mass is 32.1. The number of thiazole rings is 1. The molecule has 0 unspecified atom stereocenters. The lowest BCUT2D eigenvalue weighted by atomic mass is 10.1. The third-order valence-corrected chi connectivity index (χ3v) is 3.90. The number of aromatic nitrogens is 3. The topological polar surface area (TPSA) is 45.5 Å². The SMILES string of the molecule is Cc1nc2c(Cn3cc[n+](C)c3)cc(C#N)cc2s1. The van der Waals surface area contributed by atoms with Crippen molar-refractivity contribution in [3.63, 3.8) is 0 Å². The molecule has 2 heterocycles. The summed E-state index contributed by atoms with van der Waals surface area (Å²) in [7, 11) is 1.99. The van der Waals surface area contributed by atoms with Gasteiger partial charge in [0.1, 0.15) is 18.9 Å². The molecule has 2 aromatic heterocycles. The zero-order valence-corrected chi connectivity index (χ0v) is 11.6. The summed E-state index contributed by atoms with van der Waals surface area (Å²) >= 11 is 1.63. The van der Waals surface area contributed by atoms with Crippen LogP contribution in [0.5, 0.6) is 0 Å². The second-order valence-electron chi connectivity index (χ2n) is 4.58. The number of nitriles is 1. The van der Waals surface area contributed by atoms with Crippen LogP contribution in [0.25, 0.3) is 10.2 Å². The van der Waals surface area contributed by atoms with Crippen LogP contribution >= 0.6 is 11.3 Å². The van der Waals surface area contributed by atoms with Gasteiger partial charge in [-0.3, -0.25) is 0 Å². The van der Waals surface area contributed by atoms with E-state index >= 15 is 0 Å². The molecular weight excluding hydrogens is 256 g/mol. The molecule has 3 aromatic rings. The van der Waals surface area contributed by atoms with Crippen molar-refractivity contribution < 1.29 is 4.57 Å². The predicted molar refractivity (Wildman–Crippen MR) is 73.8 cm³/mol. The van der Waals surface area contributed by atoms with Crippen molar-refractivity contribution in [1.82, 2.24) is 9.55 Å². The van der Waals surface area contributed by atoms with Crippen LogP contribution in [0, 0.1) is 18.3 Å². The predicted octanol–water partition coefficient (Wildman–Crippen LogP) is 2.15. The fourth-order valence-corrected chi connectivity index (χ4v) is 3.10. The molecule has 4 nitrogen and oxygen atoms in total. The molecule has 0 aliphatic carbocycles. The van der Waals surface area contributed by atoms with E-state index in [1.54, 1.807) is 11.3 Å². The Morgan fingerprint density at radius 2 is 2.32 bits per heavy atom. The van der Waals surface area contributed by atoms with Gasteiger partial charge in [0.15, 0.2) is 0 Å². The van der Waals surface area contributed by atoms with Crippen LogP contribution < -0.4 is 4.57 Å². The fourth-order valence-electron chi connectivity index (χ4n) is 2.19. The number of fused-ring (bicyclic) bond motifs is 1. The van der Waals surface area contributed by atoms with Crippen molar-refractivity contribution in [1.29, 1.82) is 5.26 Å². The molecule has 3 rings (SSSR count). The molecule has 0 saturated carbocycles. The Kier molecular flexibility index (Phi) is 2.80. The number of benzene rings is 1. The largest absolute Gasteiger partial charge is 0.243 e. The molecule has 19 heavy (non-hydrogen) atoms. The van der Waals surface area contributed by atoms with Gasteiger partial charge in [-0.2, -0.15) is 5.26 Å². The first kappa shape index (κ1) is 11.9. The third kappa shape index (κ3) is 2.23. The Bertz CT molecular complexity index is 791. The second-order valence-corrected chi connectivity index (χ2v) is 5.81. The molecule has 94 valence electrons. The molecule has 5 heteroatoms. The molecule has 0 aliphatic heterocycles. The third-order valence-electron chi connectivity index (χ3n) is 2.99. The Labute approximate surface area is 115 Å². The van der Waals surface area contributed by atoms with Crippen molar-refractivity contribution in [3.05, 3.63) is 47.0 Å². The lowest BCUT2D eigenvalue weighted by molar-refractivity contribution is -0.671. The molecule has 0 amide bonds. The first-order chi connectivity index (χ1) is 9.15. The Morgan fingerprint density at radius 3 is 3.00 bits per heavy atom. The van der Waals surface area contributed by atoms with Crippen molar-refractivity contribution in [2.45, 2.75) is 13.5 Å². The number of rotatable bonds is 2. The van der Waals surface area contributed by atoms with Gasteiger partial charge in [-0.05, 0) is 19.1 Å². The van der Waals surface area contributed by atoms with E-state index in [0.717, 1.165) is 27.3 Å². The Hall–Kier alpha value is -2.19. The molecule has 0 fully saturated rings. The number of hydrogen-bond donors (Lipinski definition) is 0. The maximum atomic E-state index is 9.12. The van der Waals surface area contributed by atoms with Crippen LogP contribution in [0.15, 0.2) is 30.9 Å². The first-order valence-corrected chi connectivity index (χ1v) is 6.78. The van der Waals surface area contributed by atoms with Crippen LogP contribution in [0.1, 0.15) is 16.1 Å². The average Bonchev–Trinajstić information content (AvgIpc) is 2.94. The van der Waals surface area contributed by atoms with Gasteiger partial charge in [0.25, 0.3) is 0 Å². The summed E-state index contributed by atoms with van der Waals surface area (Å²) in [4.78, 5) is 4.58. The van der Waals surface area contributed by atoms with Gasteiger partial charge in [-0.1, -0.05) is 0 Å². The summed E-state index contributed by atoms with van der Waals surface area (Å²) in [6, 6.07) is 6.07. The van der Waals surface area contributed by atoms with Gasteiger partial charge < -0.3 is 0 Å². The van der Waals surface area contributed by atoms with Crippen molar-refractivity contribution in [3.8, 4) is 6.07 Å². The van der Waals surface area contributed by atoms with Crippen LogP contribution in [0.3, 0.4) is 0 Å². The zero-order chi connectivity index (χ0) is 13.4. The summed E-state index contributed by atoms with van der Waals surface area (Å²) in [5.74, 6) is 0. The summed E-state index contributed by atoms with van der Waals surface area (Å²) < 4.78 is 5.17. The standard InChI is InChI=1S/C14H13N4S/c1-10-16-14-12(8-18-4-3-17(2)9-18)5-11(7-15)6-13(14)19-10/h3-6,9H,8H2,1-2H3/q+1. The summed E-state index contributed by atoms with van der Waals surface area (Å²) in [5, 5.41) is 10.2. The van der Waals surface area contributed by atoms with E-state index in [0.29, 0.717) is 5.56 Å². The number of hydrogen-bond acceptors (Lipinski definition) is 3. The molecule has 0 spiro atoms. The van der Waals surface area contributed by atoms with Gasteiger partial charge in [0, 0.05) is 5.56 Å². The number of nitrogens with zero attached hydrogens (tertiary/aromatic N) is 4. The van der Waals surface area contributed by atoms with E-state index in [1.165, 1.54) is 0 Å². The van der Waals surface area contributed by atoms with Crippen LogP contribution in [0.4, 0.5) is 0 Å². The fraction of sp³-hybridized carbons (Fsp3) is 0.214. The second kappa shape index (κ2) is 4.48. The van der Waals surface area contributed by atoms with Gasteiger partial charge in [0.05, 0.1) is 33.9 Å². The van der Waals surface area contributed by atoms with E-state index < -0.39 is 0 Å². The Balaban J connectivity index is 2.13. The normalized spacial score (nSPS) is 10.8. The maximum Gasteiger partial charge on any atom is 0.243 e. The van der Waals surface area contributed by atoms with E-state index in [4.69, 9.17) is 5.26 Å². The van der Waals surface area contributed by atoms with Crippen molar-refractivity contribution >= 4 is 21.6 Å². The van der Waals surface area contributed by atoms with Crippen LogP contribution in [-0.2, 0) is 13.6 Å². The number of imidazole rings is 1. The first-order valence-electron chi connectivity index (χ1n) is 5.97. The highest BCUT2D eigenvalue weighted by molar-refractivity contribution is 7.18. The van der Waals surface area contributed by atoms with Crippen LogP contribution in [-0.4, -0.2) is 9.55 Å². The van der Waals surface area contributed by atoms with Crippen LogP contribution in [0.2, 0.25) is 0 Å².